The van der Waals surface area contributed by atoms with Crippen LogP contribution in [-0.2, 0) is 6.18 Å². The van der Waals surface area contributed by atoms with Crippen molar-refractivity contribution >= 4 is 23.4 Å². The quantitative estimate of drug-likeness (QED) is 0.928. The Balaban J connectivity index is 2.29. The molecule has 0 aromatic heterocycles. The molecule has 0 aliphatic carbocycles. The monoisotopic (exact) mass is 318 g/mol. The second kappa shape index (κ2) is 6.17. The standard InChI is InChI=1S/C14H17F3N2OS/c1-18-12-4-3-9(7-11(12)14(15,16)17)13(20)19(2)10-5-6-21-8-10/h3-4,7,10,18H,5-6,8H2,1-2H3. The average Bonchev–Trinajstić information content (AvgIpc) is 2.98. The number of carbonyl (C=O) groups is 1. The molecule has 1 saturated heterocycles. The van der Waals surface area contributed by atoms with Crippen LogP contribution in [0.15, 0.2) is 18.2 Å². The summed E-state index contributed by atoms with van der Waals surface area (Å²) in [7, 11) is 3.08. The molecule has 0 saturated carbocycles. The molecule has 7 heteroatoms. The van der Waals surface area contributed by atoms with Crippen LogP contribution in [0.1, 0.15) is 22.3 Å². The summed E-state index contributed by atoms with van der Waals surface area (Å²) in [5.41, 5.74) is -0.774. The van der Waals surface area contributed by atoms with Gasteiger partial charge in [0.1, 0.15) is 0 Å². The minimum atomic E-state index is -4.49. The summed E-state index contributed by atoms with van der Waals surface area (Å²) in [5, 5.41) is 2.50. The molecule has 3 nitrogen and oxygen atoms in total. The third kappa shape index (κ3) is 3.45. The Morgan fingerprint density at radius 1 is 1.43 bits per heavy atom. The Morgan fingerprint density at radius 3 is 2.67 bits per heavy atom. The van der Waals surface area contributed by atoms with E-state index >= 15 is 0 Å². The molecular formula is C14H17F3N2OS. The van der Waals surface area contributed by atoms with Crippen LogP contribution in [0.3, 0.4) is 0 Å². The van der Waals surface area contributed by atoms with Crippen molar-refractivity contribution < 1.29 is 18.0 Å². The van der Waals surface area contributed by atoms with Crippen LogP contribution >= 0.6 is 11.8 Å². The zero-order valence-electron chi connectivity index (χ0n) is 11.8. The van der Waals surface area contributed by atoms with Gasteiger partial charge in [0.25, 0.3) is 5.91 Å². The molecule has 0 radical (unpaired) electrons. The first-order valence-corrected chi connectivity index (χ1v) is 7.74. The van der Waals surface area contributed by atoms with Crippen LogP contribution in [0.5, 0.6) is 0 Å². The van der Waals surface area contributed by atoms with E-state index in [2.05, 4.69) is 5.32 Å². The molecule has 1 amide bonds. The zero-order chi connectivity index (χ0) is 15.6. The van der Waals surface area contributed by atoms with Crippen LogP contribution in [0.2, 0.25) is 0 Å². The number of carbonyl (C=O) groups excluding carboxylic acids is 1. The minimum absolute atomic E-state index is 0.0295. The summed E-state index contributed by atoms with van der Waals surface area (Å²) in [5.74, 6) is 1.45. The fourth-order valence-electron chi connectivity index (χ4n) is 2.33. The maximum atomic E-state index is 13.0. The number of halogens is 3. The van der Waals surface area contributed by atoms with Crippen LogP contribution in [0, 0.1) is 0 Å². The molecule has 21 heavy (non-hydrogen) atoms. The van der Waals surface area contributed by atoms with Gasteiger partial charge in [-0.15, -0.1) is 0 Å². The highest BCUT2D eigenvalue weighted by molar-refractivity contribution is 7.99. The molecule has 2 rings (SSSR count). The highest BCUT2D eigenvalue weighted by Crippen LogP contribution is 2.35. The van der Waals surface area contributed by atoms with E-state index in [-0.39, 0.29) is 23.2 Å². The van der Waals surface area contributed by atoms with Gasteiger partial charge in [0.05, 0.1) is 5.56 Å². The van der Waals surface area contributed by atoms with Crippen LogP contribution < -0.4 is 5.32 Å². The van der Waals surface area contributed by atoms with E-state index in [4.69, 9.17) is 0 Å². The zero-order valence-corrected chi connectivity index (χ0v) is 12.6. The predicted octanol–water partition coefficient (Wildman–Crippen LogP) is 3.32. The van der Waals surface area contributed by atoms with Gasteiger partial charge in [-0.1, -0.05) is 0 Å². The van der Waals surface area contributed by atoms with E-state index < -0.39 is 11.7 Å². The van der Waals surface area contributed by atoms with E-state index in [0.717, 1.165) is 24.0 Å². The lowest BCUT2D eigenvalue weighted by Gasteiger charge is -2.24. The maximum absolute atomic E-state index is 13.0. The summed E-state index contributed by atoms with van der Waals surface area (Å²) in [6, 6.07) is 3.75. The number of amides is 1. The fourth-order valence-corrected chi connectivity index (χ4v) is 3.59. The number of nitrogens with zero attached hydrogens (tertiary/aromatic N) is 1. The van der Waals surface area contributed by atoms with Crippen molar-refractivity contribution in [2.45, 2.75) is 18.6 Å². The number of hydrogen-bond acceptors (Lipinski definition) is 3. The largest absolute Gasteiger partial charge is 0.418 e. The normalized spacial score (nSPS) is 18.6. The lowest BCUT2D eigenvalue weighted by molar-refractivity contribution is -0.136. The van der Waals surface area contributed by atoms with Gasteiger partial charge < -0.3 is 10.2 Å². The number of anilines is 1. The third-order valence-electron chi connectivity index (χ3n) is 3.61. The lowest BCUT2D eigenvalue weighted by Crippen LogP contribution is -2.37. The van der Waals surface area contributed by atoms with Gasteiger partial charge in [0, 0.05) is 37.1 Å². The Labute approximate surface area is 125 Å². The number of thioether (sulfide) groups is 1. The second-order valence-corrected chi connectivity index (χ2v) is 6.09. The Morgan fingerprint density at radius 2 is 2.14 bits per heavy atom. The SMILES string of the molecule is CNc1ccc(C(=O)N(C)C2CCSC2)cc1C(F)(F)F. The molecule has 1 heterocycles. The Hall–Kier alpha value is -1.37. The van der Waals surface area contributed by atoms with Crippen molar-refractivity contribution in [3.8, 4) is 0 Å². The molecule has 1 unspecified atom stereocenters. The first kappa shape index (κ1) is 16.0. The topological polar surface area (TPSA) is 32.3 Å². The van der Waals surface area contributed by atoms with Crippen molar-refractivity contribution in [3.63, 3.8) is 0 Å². The molecule has 0 bridgehead atoms. The molecule has 1 aliphatic heterocycles. The number of nitrogens with one attached hydrogen (secondary N) is 1. The Bertz CT molecular complexity index is 527. The molecule has 1 fully saturated rings. The lowest BCUT2D eigenvalue weighted by atomic mass is 10.1. The molecule has 1 aromatic carbocycles. The smallest absolute Gasteiger partial charge is 0.388 e. The van der Waals surface area contributed by atoms with Crippen molar-refractivity contribution in [2.75, 3.05) is 30.9 Å². The van der Waals surface area contributed by atoms with Crippen molar-refractivity contribution in [1.29, 1.82) is 0 Å². The highest BCUT2D eigenvalue weighted by atomic mass is 32.2. The average molecular weight is 318 g/mol. The number of rotatable bonds is 3. The molecule has 1 aromatic rings. The molecule has 116 valence electrons. The molecular weight excluding hydrogens is 301 g/mol. The number of alkyl halides is 3. The van der Waals surface area contributed by atoms with Gasteiger partial charge in [-0.25, -0.2) is 0 Å². The summed E-state index contributed by atoms with van der Waals surface area (Å²) < 4.78 is 39.0. The molecule has 1 aliphatic rings. The maximum Gasteiger partial charge on any atom is 0.418 e. The van der Waals surface area contributed by atoms with E-state index in [1.54, 1.807) is 23.7 Å². The van der Waals surface area contributed by atoms with Crippen LogP contribution in [0.4, 0.5) is 18.9 Å². The first-order chi connectivity index (χ1) is 9.84. The van der Waals surface area contributed by atoms with Crippen LogP contribution in [-0.4, -0.2) is 42.4 Å². The summed E-state index contributed by atoms with van der Waals surface area (Å²) in [6.45, 7) is 0. The second-order valence-electron chi connectivity index (χ2n) is 4.94. The Kier molecular flexibility index (Phi) is 4.70. The van der Waals surface area contributed by atoms with Gasteiger partial charge in [-0.2, -0.15) is 24.9 Å². The minimum Gasteiger partial charge on any atom is -0.388 e. The summed E-state index contributed by atoms with van der Waals surface area (Å²) >= 11 is 1.75. The van der Waals surface area contributed by atoms with Crippen molar-refractivity contribution in [3.05, 3.63) is 29.3 Å². The van der Waals surface area contributed by atoms with Gasteiger partial charge in [0.15, 0.2) is 0 Å². The van der Waals surface area contributed by atoms with Crippen LogP contribution in [0.25, 0.3) is 0 Å². The molecule has 1 atom stereocenters. The summed E-state index contributed by atoms with van der Waals surface area (Å²) in [6.07, 6.45) is -3.61. The van der Waals surface area contributed by atoms with Gasteiger partial charge in [0.2, 0.25) is 0 Å². The molecule has 1 N–H and O–H groups in total. The van der Waals surface area contributed by atoms with E-state index in [9.17, 15) is 18.0 Å². The highest BCUT2D eigenvalue weighted by Gasteiger charge is 2.34. The van der Waals surface area contributed by atoms with Gasteiger partial charge >= 0.3 is 6.18 Å². The van der Waals surface area contributed by atoms with Gasteiger partial charge in [-0.3, -0.25) is 4.79 Å². The van der Waals surface area contributed by atoms with Crippen molar-refractivity contribution in [1.82, 2.24) is 4.90 Å². The summed E-state index contributed by atoms with van der Waals surface area (Å²) in [4.78, 5) is 13.9. The molecule has 0 spiro atoms. The van der Waals surface area contributed by atoms with E-state index in [1.807, 2.05) is 0 Å². The fraction of sp³-hybridized carbons (Fsp3) is 0.500. The number of benzene rings is 1. The van der Waals surface area contributed by atoms with Crippen molar-refractivity contribution in [2.24, 2.45) is 0 Å². The number of hydrogen-bond donors (Lipinski definition) is 1. The first-order valence-electron chi connectivity index (χ1n) is 6.58. The van der Waals surface area contributed by atoms with E-state index in [1.165, 1.54) is 19.2 Å². The van der Waals surface area contributed by atoms with E-state index in [0.29, 0.717) is 0 Å². The third-order valence-corrected chi connectivity index (χ3v) is 4.76. The predicted molar refractivity (Wildman–Crippen MR) is 78.8 cm³/mol. The van der Waals surface area contributed by atoms with Gasteiger partial charge in [-0.05, 0) is 30.4 Å².